The summed E-state index contributed by atoms with van der Waals surface area (Å²) in [4.78, 5) is 4.88. The lowest BCUT2D eigenvalue weighted by molar-refractivity contribution is 0.903. The Morgan fingerprint density at radius 3 is 1.86 bits per heavy atom. The molecule has 0 saturated heterocycles. The van der Waals surface area contributed by atoms with E-state index in [0.29, 0.717) is 0 Å². The van der Waals surface area contributed by atoms with E-state index in [9.17, 15) is 0 Å². The molecule has 0 saturated carbocycles. The molecule has 1 aliphatic rings. The van der Waals surface area contributed by atoms with Crippen molar-refractivity contribution < 1.29 is 0 Å². The Morgan fingerprint density at radius 1 is 0.682 bits per heavy atom. The van der Waals surface area contributed by atoms with Crippen LogP contribution in [0, 0.1) is 0 Å². The topological polar surface area (TPSA) is 12.4 Å². The van der Waals surface area contributed by atoms with E-state index in [1.54, 1.807) is 0 Å². The monoisotopic (exact) mass is 283 g/mol. The van der Waals surface area contributed by atoms with Crippen LogP contribution in [0.4, 0.5) is 0 Å². The maximum atomic E-state index is 4.88. The minimum Gasteiger partial charge on any atom is -0.284 e. The minimum absolute atomic E-state index is 0.135. The molecule has 0 unspecified atom stereocenters. The highest BCUT2D eigenvalue weighted by molar-refractivity contribution is 5.79. The smallest absolute Gasteiger partial charge is 0.101 e. The average Bonchev–Trinajstić information content (AvgIpc) is 2.91. The van der Waals surface area contributed by atoms with Gasteiger partial charge in [0.25, 0.3) is 0 Å². The highest BCUT2D eigenvalue weighted by Gasteiger charge is 2.26. The number of rotatable bonds is 3. The molecule has 0 radical (unpaired) electrons. The normalized spacial score (nSPS) is 13.3. The Bertz CT molecular complexity index is 773. The molecule has 3 aromatic carbocycles. The number of hydrogen-bond acceptors (Lipinski definition) is 1. The van der Waals surface area contributed by atoms with Crippen LogP contribution in [-0.4, -0.2) is 6.21 Å². The number of fused-ring (bicyclic) bond motifs is 3. The van der Waals surface area contributed by atoms with Crippen LogP contribution >= 0.6 is 0 Å². The molecule has 0 fully saturated rings. The lowest BCUT2D eigenvalue weighted by Crippen LogP contribution is -1.95. The fraction of sp³-hybridized carbons (Fsp3) is 0.0952. The number of benzene rings is 3. The van der Waals surface area contributed by atoms with Crippen molar-refractivity contribution in [2.45, 2.75) is 12.5 Å². The van der Waals surface area contributed by atoms with Gasteiger partial charge in [0.15, 0.2) is 0 Å². The molecule has 1 heteroatoms. The van der Waals surface area contributed by atoms with Crippen molar-refractivity contribution in [3.8, 4) is 11.1 Å². The molecule has 106 valence electrons. The third kappa shape index (κ3) is 2.25. The lowest BCUT2D eigenvalue weighted by atomic mass is 10.1. The van der Waals surface area contributed by atoms with Crippen molar-refractivity contribution in [3.05, 3.63) is 95.6 Å². The Morgan fingerprint density at radius 2 is 1.23 bits per heavy atom. The number of nitrogens with zero attached hydrogens (tertiary/aromatic N) is 1. The highest BCUT2D eigenvalue weighted by Crippen LogP contribution is 2.44. The van der Waals surface area contributed by atoms with Gasteiger partial charge in [-0.2, -0.15) is 0 Å². The van der Waals surface area contributed by atoms with E-state index in [4.69, 9.17) is 4.99 Å². The van der Waals surface area contributed by atoms with Crippen LogP contribution in [-0.2, 0) is 6.42 Å². The van der Waals surface area contributed by atoms with Crippen LogP contribution in [0.5, 0.6) is 0 Å². The van der Waals surface area contributed by atoms with E-state index in [1.807, 2.05) is 6.07 Å². The lowest BCUT2D eigenvalue weighted by Gasteiger charge is -2.07. The second-order valence-corrected chi connectivity index (χ2v) is 5.60. The van der Waals surface area contributed by atoms with E-state index in [1.165, 1.54) is 27.8 Å². The molecule has 0 atom stereocenters. The van der Waals surface area contributed by atoms with Crippen LogP contribution in [0.15, 0.2) is 83.9 Å². The fourth-order valence-electron chi connectivity index (χ4n) is 3.17. The van der Waals surface area contributed by atoms with Gasteiger partial charge in [-0.25, -0.2) is 0 Å². The van der Waals surface area contributed by atoms with Gasteiger partial charge in [0.05, 0.1) is 0 Å². The largest absolute Gasteiger partial charge is 0.284 e. The Kier molecular flexibility index (Phi) is 3.32. The summed E-state index contributed by atoms with van der Waals surface area (Å²) in [5.74, 6) is 0. The SMILES string of the molecule is C(/Cc1ccccc1)=N\C1c2ccccc2-c2ccccc21. The van der Waals surface area contributed by atoms with E-state index < -0.39 is 0 Å². The molecule has 1 nitrogen and oxygen atoms in total. The zero-order valence-electron chi connectivity index (χ0n) is 12.3. The van der Waals surface area contributed by atoms with Gasteiger partial charge in [0.1, 0.15) is 6.04 Å². The molecule has 0 heterocycles. The number of hydrogen-bond donors (Lipinski definition) is 0. The first-order valence-electron chi connectivity index (χ1n) is 7.67. The summed E-state index contributed by atoms with van der Waals surface area (Å²) in [6.45, 7) is 0. The first-order chi connectivity index (χ1) is 10.9. The summed E-state index contributed by atoms with van der Waals surface area (Å²) in [6.07, 6.45) is 2.93. The minimum atomic E-state index is 0.135. The molecule has 0 aliphatic heterocycles. The van der Waals surface area contributed by atoms with Crippen molar-refractivity contribution >= 4 is 6.21 Å². The summed E-state index contributed by atoms with van der Waals surface area (Å²) < 4.78 is 0. The maximum absolute atomic E-state index is 4.88. The van der Waals surface area contributed by atoms with Crippen LogP contribution in [0.25, 0.3) is 11.1 Å². The average molecular weight is 283 g/mol. The standard InChI is InChI=1S/C21H17N/c1-2-8-16(9-3-1)14-15-22-21-19-12-6-4-10-17(19)18-11-5-7-13-20(18)21/h1-13,15,21H,14H2/b22-15+. The van der Waals surface area contributed by atoms with Gasteiger partial charge in [0, 0.05) is 12.6 Å². The van der Waals surface area contributed by atoms with Crippen molar-refractivity contribution in [2.24, 2.45) is 4.99 Å². The summed E-state index contributed by atoms with van der Waals surface area (Å²) in [5, 5.41) is 0. The van der Waals surface area contributed by atoms with E-state index in [2.05, 4.69) is 79.0 Å². The van der Waals surface area contributed by atoms with Gasteiger partial charge in [-0.1, -0.05) is 78.9 Å². The first kappa shape index (κ1) is 13.0. The van der Waals surface area contributed by atoms with E-state index in [-0.39, 0.29) is 6.04 Å². The highest BCUT2D eigenvalue weighted by atomic mass is 14.8. The molecule has 22 heavy (non-hydrogen) atoms. The molecule has 1 aliphatic carbocycles. The van der Waals surface area contributed by atoms with Gasteiger partial charge in [-0.15, -0.1) is 0 Å². The Hall–Kier alpha value is -2.67. The van der Waals surface area contributed by atoms with Crippen LogP contribution in [0.3, 0.4) is 0 Å². The van der Waals surface area contributed by atoms with Crippen LogP contribution in [0.2, 0.25) is 0 Å². The van der Waals surface area contributed by atoms with Crippen molar-refractivity contribution in [1.82, 2.24) is 0 Å². The van der Waals surface area contributed by atoms with Crippen molar-refractivity contribution in [2.75, 3.05) is 0 Å². The summed E-state index contributed by atoms with van der Waals surface area (Å²) in [6, 6.07) is 27.8. The van der Waals surface area contributed by atoms with Crippen molar-refractivity contribution in [3.63, 3.8) is 0 Å². The Balaban J connectivity index is 1.67. The second kappa shape index (κ2) is 5.61. The van der Waals surface area contributed by atoms with Crippen LogP contribution < -0.4 is 0 Å². The molecular formula is C21H17N. The third-order valence-corrected chi connectivity index (χ3v) is 4.23. The zero-order valence-corrected chi connectivity index (χ0v) is 12.3. The molecular weight excluding hydrogens is 266 g/mol. The summed E-state index contributed by atoms with van der Waals surface area (Å²) in [5.41, 5.74) is 6.56. The predicted octanol–water partition coefficient (Wildman–Crippen LogP) is 5.07. The molecule has 4 rings (SSSR count). The number of aliphatic imine (C=N–C) groups is 1. The third-order valence-electron chi connectivity index (χ3n) is 4.23. The molecule has 3 aromatic rings. The molecule has 0 N–H and O–H groups in total. The molecule has 0 amide bonds. The van der Waals surface area contributed by atoms with Gasteiger partial charge in [-0.05, 0) is 27.8 Å². The molecule has 0 bridgehead atoms. The first-order valence-corrected chi connectivity index (χ1v) is 7.67. The van der Waals surface area contributed by atoms with E-state index in [0.717, 1.165) is 6.42 Å². The zero-order chi connectivity index (χ0) is 14.8. The second-order valence-electron chi connectivity index (χ2n) is 5.60. The quantitative estimate of drug-likeness (QED) is 0.595. The van der Waals surface area contributed by atoms with E-state index >= 15 is 0 Å². The predicted molar refractivity (Wildman–Crippen MR) is 92.4 cm³/mol. The molecule has 0 aromatic heterocycles. The fourth-order valence-corrected chi connectivity index (χ4v) is 3.17. The molecule has 0 spiro atoms. The van der Waals surface area contributed by atoms with Crippen molar-refractivity contribution in [1.29, 1.82) is 0 Å². The van der Waals surface area contributed by atoms with Gasteiger partial charge in [-0.3, -0.25) is 4.99 Å². The van der Waals surface area contributed by atoms with Crippen LogP contribution in [0.1, 0.15) is 22.7 Å². The maximum Gasteiger partial charge on any atom is 0.101 e. The van der Waals surface area contributed by atoms with Gasteiger partial charge in [0.2, 0.25) is 0 Å². The summed E-state index contributed by atoms with van der Waals surface area (Å²) in [7, 11) is 0. The van der Waals surface area contributed by atoms with Gasteiger partial charge >= 0.3 is 0 Å². The summed E-state index contributed by atoms with van der Waals surface area (Å²) >= 11 is 0. The Labute approximate surface area is 131 Å². The van der Waals surface area contributed by atoms with Gasteiger partial charge < -0.3 is 0 Å².